The number of carbonyl (C=O) groups is 1. The Morgan fingerprint density at radius 2 is 1.53 bits per heavy atom. The molecule has 0 saturated carbocycles. The molecule has 30 heavy (non-hydrogen) atoms. The predicted molar refractivity (Wildman–Crippen MR) is 95.4 cm³/mol. The number of urea groups is 1. The minimum Gasteiger partial charge on any atom is -0.374 e. The molecule has 2 N–H and O–H groups in total. The van der Waals surface area contributed by atoms with Gasteiger partial charge in [-0.25, -0.2) is 4.79 Å². The van der Waals surface area contributed by atoms with Gasteiger partial charge in [-0.3, -0.25) is 0 Å². The lowest BCUT2D eigenvalue weighted by atomic mass is 9.85. The number of nitrogens with one attached hydrogen (secondary N) is 2. The van der Waals surface area contributed by atoms with Gasteiger partial charge in [0.05, 0.1) is 30.4 Å². The second-order valence-corrected chi connectivity index (χ2v) is 7.06. The van der Waals surface area contributed by atoms with Gasteiger partial charge < -0.3 is 15.4 Å². The van der Waals surface area contributed by atoms with E-state index >= 15 is 0 Å². The molecule has 1 aliphatic rings. The maximum Gasteiger partial charge on any atom is 0.416 e. The molecule has 1 fully saturated rings. The Labute approximate surface area is 168 Å². The second-order valence-electron chi connectivity index (χ2n) is 7.06. The van der Waals surface area contributed by atoms with Gasteiger partial charge in [-0.1, -0.05) is 30.3 Å². The lowest BCUT2D eigenvalue weighted by Crippen LogP contribution is -2.49. The van der Waals surface area contributed by atoms with Crippen LogP contribution >= 0.6 is 0 Å². The van der Waals surface area contributed by atoms with Gasteiger partial charge in [-0.15, -0.1) is 0 Å². The van der Waals surface area contributed by atoms with Crippen LogP contribution in [0.2, 0.25) is 0 Å². The molecule has 4 nitrogen and oxygen atoms in total. The van der Waals surface area contributed by atoms with E-state index in [2.05, 4.69) is 10.6 Å². The maximum atomic E-state index is 13.0. The topological polar surface area (TPSA) is 50.4 Å². The van der Waals surface area contributed by atoms with Crippen molar-refractivity contribution in [3.8, 4) is 0 Å². The van der Waals surface area contributed by atoms with E-state index in [0.717, 1.165) is 0 Å². The molecule has 10 heteroatoms. The molecule has 1 heterocycles. The number of halogens is 6. The van der Waals surface area contributed by atoms with Gasteiger partial charge >= 0.3 is 18.4 Å². The van der Waals surface area contributed by atoms with Crippen LogP contribution < -0.4 is 10.6 Å². The number of benzene rings is 2. The molecule has 0 spiro atoms. The van der Waals surface area contributed by atoms with E-state index in [9.17, 15) is 31.1 Å². The van der Waals surface area contributed by atoms with Gasteiger partial charge in [0.2, 0.25) is 0 Å². The summed E-state index contributed by atoms with van der Waals surface area (Å²) in [5, 5.41) is 5.44. The summed E-state index contributed by atoms with van der Waals surface area (Å²) < 4.78 is 83.6. The van der Waals surface area contributed by atoms with Crippen molar-refractivity contribution in [1.82, 2.24) is 10.6 Å². The molecule has 3 rings (SSSR count). The summed E-state index contributed by atoms with van der Waals surface area (Å²) in [4.78, 5) is 11.9. The molecule has 2 aromatic carbocycles. The molecule has 0 radical (unpaired) electrons. The van der Waals surface area contributed by atoms with Gasteiger partial charge in [0, 0.05) is 0 Å². The van der Waals surface area contributed by atoms with Crippen molar-refractivity contribution in [1.29, 1.82) is 0 Å². The average molecular weight is 432 g/mol. The first-order valence-corrected chi connectivity index (χ1v) is 8.92. The number of ether oxygens (including phenoxy) is 1. The van der Waals surface area contributed by atoms with Crippen LogP contribution in [0.3, 0.4) is 0 Å². The zero-order valence-corrected chi connectivity index (χ0v) is 15.7. The molecular formula is C20H18F6N2O2. The highest BCUT2D eigenvalue weighted by molar-refractivity contribution is 5.79. The average Bonchev–Trinajstić information content (AvgIpc) is 2.95. The summed E-state index contributed by atoms with van der Waals surface area (Å²) >= 11 is 0. The van der Waals surface area contributed by atoms with Crippen LogP contribution in [-0.2, 0) is 29.2 Å². The zero-order chi connectivity index (χ0) is 22.2. The Morgan fingerprint density at radius 1 is 0.967 bits per heavy atom. The van der Waals surface area contributed by atoms with Crippen molar-refractivity contribution in [2.24, 2.45) is 0 Å². The number of carbonyl (C=O) groups excluding carboxylic acids is 1. The van der Waals surface area contributed by atoms with Crippen molar-refractivity contribution < 1.29 is 35.9 Å². The highest BCUT2D eigenvalue weighted by Gasteiger charge is 2.46. The van der Waals surface area contributed by atoms with E-state index in [1.807, 2.05) is 0 Å². The number of hydrogen-bond acceptors (Lipinski definition) is 2. The summed E-state index contributed by atoms with van der Waals surface area (Å²) in [5.41, 5.74) is -3.41. The Hall–Kier alpha value is -2.75. The molecular weight excluding hydrogens is 414 g/mol. The molecule has 1 saturated heterocycles. The van der Waals surface area contributed by atoms with Crippen LogP contribution in [0.15, 0.2) is 48.5 Å². The van der Waals surface area contributed by atoms with Crippen molar-refractivity contribution in [3.63, 3.8) is 0 Å². The van der Waals surface area contributed by atoms with Crippen molar-refractivity contribution in [3.05, 3.63) is 70.8 Å². The Bertz CT molecular complexity index is 881. The summed E-state index contributed by atoms with van der Waals surface area (Å²) in [6, 6.07) is 9.20. The quantitative estimate of drug-likeness (QED) is 0.665. The minimum atomic E-state index is -4.93. The summed E-state index contributed by atoms with van der Waals surface area (Å²) in [6.07, 6.45) is -9.86. The lowest BCUT2D eigenvalue weighted by Gasteiger charge is -2.32. The normalized spacial score (nSPS) is 22.0. The number of amides is 2. The summed E-state index contributed by atoms with van der Waals surface area (Å²) in [7, 11) is 0. The molecule has 2 unspecified atom stereocenters. The van der Waals surface area contributed by atoms with Gasteiger partial charge in [-0.2, -0.15) is 26.3 Å². The first-order valence-electron chi connectivity index (χ1n) is 8.92. The molecule has 2 amide bonds. The van der Waals surface area contributed by atoms with E-state index in [-0.39, 0.29) is 18.2 Å². The molecule has 162 valence electrons. The van der Waals surface area contributed by atoms with Crippen LogP contribution in [0.1, 0.15) is 29.2 Å². The largest absolute Gasteiger partial charge is 0.416 e. The van der Waals surface area contributed by atoms with Gasteiger partial charge in [0.15, 0.2) is 0 Å². The van der Waals surface area contributed by atoms with E-state index in [4.69, 9.17) is 4.74 Å². The second kappa shape index (κ2) is 7.82. The standard InChI is InChI=1S/C20H18F6N2O2/c1-12-18(28-17(29)27-12,14-5-3-2-4-6-14)11-30-10-13-7-15(19(21,22)23)9-16(8-13)20(24,25)26/h2-9,12H,10-11H2,1H3,(H2,27,28,29). The van der Waals surface area contributed by atoms with Gasteiger partial charge in [0.25, 0.3) is 0 Å². The minimum absolute atomic E-state index is 0.0676. The smallest absolute Gasteiger partial charge is 0.374 e. The molecule has 2 atom stereocenters. The van der Waals surface area contributed by atoms with Crippen LogP contribution in [0.25, 0.3) is 0 Å². The first-order chi connectivity index (χ1) is 13.9. The monoisotopic (exact) mass is 432 g/mol. The van der Waals surface area contributed by atoms with Crippen molar-refractivity contribution >= 4 is 6.03 Å². The predicted octanol–water partition coefficient (Wildman–Crippen LogP) is 4.84. The van der Waals surface area contributed by atoms with Crippen LogP contribution in [0.5, 0.6) is 0 Å². The van der Waals surface area contributed by atoms with Gasteiger partial charge in [-0.05, 0) is 36.2 Å². The number of hydrogen-bond donors (Lipinski definition) is 2. The van der Waals surface area contributed by atoms with E-state index in [1.165, 1.54) is 0 Å². The SMILES string of the molecule is CC1NC(=O)NC1(COCc1cc(C(F)(F)F)cc(C(F)(F)F)c1)c1ccccc1. The van der Waals surface area contributed by atoms with Crippen molar-refractivity contribution in [2.45, 2.75) is 37.5 Å². The van der Waals surface area contributed by atoms with Crippen molar-refractivity contribution in [2.75, 3.05) is 6.61 Å². The third-order valence-electron chi connectivity index (χ3n) is 4.96. The molecule has 2 aromatic rings. The molecule has 0 bridgehead atoms. The lowest BCUT2D eigenvalue weighted by molar-refractivity contribution is -0.143. The zero-order valence-electron chi connectivity index (χ0n) is 15.7. The highest BCUT2D eigenvalue weighted by Crippen LogP contribution is 2.37. The molecule has 0 aliphatic carbocycles. The Balaban J connectivity index is 1.85. The maximum absolute atomic E-state index is 13.0. The fraction of sp³-hybridized carbons (Fsp3) is 0.350. The molecule has 1 aliphatic heterocycles. The Kier molecular flexibility index (Phi) is 5.72. The summed E-state index contributed by atoms with van der Waals surface area (Å²) in [6.45, 7) is 1.07. The fourth-order valence-electron chi connectivity index (χ4n) is 3.40. The summed E-state index contributed by atoms with van der Waals surface area (Å²) in [5.74, 6) is 0. The van der Waals surface area contributed by atoms with Crippen LogP contribution in [0, 0.1) is 0 Å². The van der Waals surface area contributed by atoms with E-state index in [0.29, 0.717) is 17.7 Å². The third-order valence-corrected chi connectivity index (χ3v) is 4.96. The molecule has 0 aromatic heterocycles. The fourth-order valence-corrected chi connectivity index (χ4v) is 3.40. The van der Waals surface area contributed by atoms with Crippen LogP contribution in [-0.4, -0.2) is 18.7 Å². The van der Waals surface area contributed by atoms with E-state index in [1.54, 1.807) is 37.3 Å². The number of alkyl halides is 6. The van der Waals surface area contributed by atoms with Crippen LogP contribution in [0.4, 0.5) is 31.1 Å². The van der Waals surface area contributed by atoms with Gasteiger partial charge in [0.1, 0.15) is 5.54 Å². The Morgan fingerprint density at radius 3 is 2.00 bits per heavy atom. The number of rotatable bonds is 5. The first kappa shape index (κ1) is 21.9. The highest BCUT2D eigenvalue weighted by atomic mass is 19.4. The van der Waals surface area contributed by atoms with E-state index < -0.39 is 47.7 Å². The third kappa shape index (κ3) is 4.53.